The fourth-order valence-electron chi connectivity index (χ4n) is 3.93. The minimum absolute atomic E-state index is 0.438. The minimum atomic E-state index is 0.438. The van der Waals surface area contributed by atoms with Crippen molar-refractivity contribution in [2.45, 2.75) is 12.3 Å². The first kappa shape index (κ1) is 10.4. The van der Waals surface area contributed by atoms with Gasteiger partial charge in [-0.05, 0) is 45.0 Å². The molecule has 3 aliphatic carbocycles. The first-order valence-corrected chi connectivity index (χ1v) is 7.24. The van der Waals surface area contributed by atoms with Gasteiger partial charge in [0.25, 0.3) is 0 Å². The van der Waals surface area contributed by atoms with Crippen molar-refractivity contribution >= 4 is 16.3 Å². The van der Waals surface area contributed by atoms with Gasteiger partial charge in [-0.25, -0.2) is 0 Å². The SMILES string of the molecule is C1=CC2C3=C(C=CCC3=C1)c1cccc3cccc2c13. The summed E-state index contributed by atoms with van der Waals surface area (Å²) in [4.78, 5) is 0. The third-order valence-corrected chi connectivity index (χ3v) is 4.73. The van der Waals surface area contributed by atoms with Crippen LogP contribution in [0.5, 0.6) is 0 Å². The smallest absolute Gasteiger partial charge is 0.0287 e. The van der Waals surface area contributed by atoms with E-state index < -0.39 is 0 Å². The summed E-state index contributed by atoms with van der Waals surface area (Å²) in [5.41, 5.74) is 7.32. The molecule has 0 amide bonds. The summed E-state index contributed by atoms with van der Waals surface area (Å²) in [5.74, 6) is 0.438. The molecule has 0 saturated carbocycles. The fourth-order valence-corrected chi connectivity index (χ4v) is 3.93. The summed E-state index contributed by atoms with van der Waals surface area (Å²) in [6.07, 6.45) is 12.5. The second kappa shape index (κ2) is 3.61. The largest absolute Gasteiger partial charge is 0.0795 e. The topological polar surface area (TPSA) is 0 Å². The van der Waals surface area contributed by atoms with Crippen LogP contribution in [0.2, 0.25) is 0 Å². The van der Waals surface area contributed by atoms with Crippen LogP contribution in [0.4, 0.5) is 0 Å². The molecular formula is C20H14. The van der Waals surface area contributed by atoms with Gasteiger partial charge in [0.1, 0.15) is 0 Å². The molecule has 0 fully saturated rings. The van der Waals surface area contributed by atoms with Crippen LogP contribution in [-0.2, 0) is 0 Å². The number of benzene rings is 2. The maximum absolute atomic E-state index is 2.35. The first-order valence-electron chi connectivity index (χ1n) is 7.24. The molecule has 0 spiro atoms. The predicted octanol–water partition coefficient (Wildman–Crippen LogP) is 5.15. The van der Waals surface area contributed by atoms with Crippen LogP contribution in [0.15, 0.2) is 77.9 Å². The van der Waals surface area contributed by atoms with E-state index in [4.69, 9.17) is 0 Å². The van der Waals surface area contributed by atoms with Crippen LogP contribution >= 0.6 is 0 Å². The van der Waals surface area contributed by atoms with Crippen molar-refractivity contribution in [3.63, 3.8) is 0 Å². The van der Waals surface area contributed by atoms with Crippen molar-refractivity contribution in [3.8, 4) is 0 Å². The maximum Gasteiger partial charge on any atom is 0.0287 e. The minimum Gasteiger partial charge on any atom is -0.0795 e. The average molecular weight is 254 g/mol. The van der Waals surface area contributed by atoms with Crippen molar-refractivity contribution in [1.82, 2.24) is 0 Å². The molecule has 2 aromatic rings. The molecule has 2 aromatic carbocycles. The maximum atomic E-state index is 2.35. The Morgan fingerprint density at radius 2 is 1.90 bits per heavy atom. The molecule has 0 saturated heterocycles. The molecule has 20 heavy (non-hydrogen) atoms. The number of rotatable bonds is 0. The zero-order chi connectivity index (χ0) is 13.1. The monoisotopic (exact) mass is 254 g/mol. The summed E-state index contributed by atoms with van der Waals surface area (Å²) in [6, 6.07) is 13.4. The average Bonchev–Trinajstić information content (AvgIpc) is 2.52. The third-order valence-electron chi connectivity index (χ3n) is 4.73. The van der Waals surface area contributed by atoms with Crippen LogP contribution in [0, 0.1) is 0 Å². The molecule has 5 rings (SSSR count). The van der Waals surface area contributed by atoms with Gasteiger partial charge in [-0.15, -0.1) is 0 Å². The van der Waals surface area contributed by atoms with Crippen LogP contribution in [0.1, 0.15) is 23.5 Å². The predicted molar refractivity (Wildman–Crippen MR) is 84.6 cm³/mol. The molecule has 1 unspecified atom stereocenters. The van der Waals surface area contributed by atoms with Gasteiger partial charge in [0, 0.05) is 5.92 Å². The number of allylic oxidation sites excluding steroid dienone is 8. The first-order chi connectivity index (χ1) is 9.93. The molecule has 3 aliphatic rings. The van der Waals surface area contributed by atoms with Crippen LogP contribution < -0.4 is 0 Å². The normalized spacial score (nSPS) is 22.0. The summed E-state index contributed by atoms with van der Waals surface area (Å²) in [5, 5.41) is 2.80. The van der Waals surface area contributed by atoms with Crippen molar-refractivity contribution in [3.05, 3.63) is 89.1 Å². The second-order valence-electron chi connectivity index (χ2n) is 5.74. The lowest BCUT2D eigenvalue weighted by atomic mass is 9.70. The van der Waals surface area contributed by atoms with Crippen molar-refractivity contribution < 1.29 is 0 Å². The van der Waals surface area contributed by atoms with Gasteiger partial charge in [-0.3, -0.25) is 0 Å². The lowest BCUT2D eigenvalue weighted by molar-refractivity contribution is 0.961. The molecule has 1 atom stereocenters. The molecule has 94 valence electrons. The Balaban J connectivity index is 1.99. The molecule has 0 N–H and O–H groups in total. The highest BCUT2D eigenvalue weighted by molar-refractivity contribution is 6.03. The molecule has 0 aliphatic heterocycles. The molecule has 0 radical (unpaired) electrons. The lowest BCUT2D eigenvalue weighted by Crippen LogP contribution is -2.14. The highest BCUT2D eigenvalue weighted by Crippen LogP contribution is 2.50. The molecule has 0 heterocycles. The van der Waals surface area contributed by atoms with Gasteiger partial charge < -0.3 is 0 Å². The molecule has 0 aromatic heterocycles. The van der Waals surface area contributed by atoms with Crippen molar-refractivity contribution in [2.75, 3.05) is 0 Å². The van der Waals surface area contributed by atoms with E-state index >= 15 is 0 Å². The summed E-state index contributed by atoms with van der Waals surface area (Å²) in [7, 11) is 0. The van der Waals surface area contributed by atoms with E-state index in [0.29, 0.717) is 5.92 Å². The summed E-state index contributed by atoms with van der Waals surface area (Å²) >= 11 is 0. The van der Waals surface area contributed by atoms with Crippen molar-refractivity contribution in [2.24, 2.45) is 0 Å². The van der Waals surface area contributed by atoms with Gasteiger partial charge in [0.05, 0.1) is 0 Å². The van der Waals surface area contributed by atoms with E-state index in [-0.39, 0.29) is 0 Å². The van der Waals surface area contributed by atoms with E-state index in [1.807, 2.05) is 0 Å². The van der Waals surface area contributed by atoms with E-state index in [0.717, 1.165) is 6.42 Å². The highest BCUT2D eigenvalue weighted by Gasteiger charge is 2.30. The summed E-state index contributed by atoms with van der Waals surface area (Å²) in [6.45, 7) is 0. The lowest BCUT2D eigenvalue weighted by Gasteiger charge is -2.33. The van der Waals surface area contributed by atoms with E-state index in [9.17, 15) is 0 Å². The molecular weight excluding hydrogens is 240 g/mol. The van der Waals surface area contributed by atoms with Crippen molar-refractivity contribution in [1.29, 1.82) is 0 Å². The Hall–Kier alpha value is -2.34. The molecule has 0 bridgehead atoms. The second-order valence-corrected chi connectivity index (χ2v) is 5.74. The summed E-state index contributed by atoms with van der Waals surface area (Å²) < 4.78 is 0. The van der Waals surface area contributed by atoms with Crippen LogP contribution in [0.3, 0.4) is 0 Å². The quantitative estimate of drug-likeness (QED) is 0.610. The van der Waals surface area contributed by atoms with Gasteiger partial charge in [-0.1, -0.05) is 66.8 Å². The van der Waals surface area contributed by atoms with Gasteiger partial charge in [0.15, 0.2) is 0 Å². The van der Waals surface area contributed by atoms with Gasteiger partial charge in [-0.2, -0.15) is 0 Å². The highest BCUT2D eigenvalue weighted by atomic mass is 14.3. The number of fused-ring (bicyclic) bond motifs is 2. The Kier molecular flexibility index (Phi) is 1.88. The Labute approximate surface area is 118 Å². The van der Waals surface area contributed by atoms with Gasteiger partial charge >= 0.3 is 0 Å². The zero-order valence-electron chi connectivity index (χ0n) is 11.1. The third kappa shape index (κ3) is 1.17. The van der Waals surface area contributed by atoms with Crippen LogP contribution in [0.25, 0.3) is 16.3 Å². The van der Waals surface area contributed by atoms with E-state index in [1.54, 1.807) is 0 Å². The van der Waals surface area contributed by atoms with E-state index in [2.05, 4.69) is 66.8 Å². The molecule has 0 heteroatoms. The fraction of sp³-hybridized carbons (Fsp3) is 0.100. The Morgan fingerprint density at radius 3 is 2.85 bits per heavy atom. The van der Waals surface area contributed by atoms with E-state index in [1.165, 1.54) is 38.6 Å². The number of hydrogen-bond donors (Lipinski definition) is 0. The zero-order valence-corrected chi connectivity index (χ0v) is 11.1. The number of hydrogen-bond acceptors (Lipinski definition) is 0. The molecule has 0 nitrogen and oxygen atoms in total. The Morgan fingerprint density at radius 1 is 1.00 bits per heavy atom. The van der Waals surface area contributed by atoms with Crippen LogP contribution in [-0.4, -0.2) is 0 Å². The standard InChI is InChI=1S/C20H14/c1-5-13-6-2-11-17-18-12-4-8-14-7-3-10-16(20(14)18)15(9-1)19(13)17/h1-7,9-12,16H,8H2. The Bertz CT molecular complexity index is 867. The van der Waals surface area contributed by atoms with Gasteiger partial charge in [0.2, 0.25) is 0 Å².